The monoisotopic (exact) mass is 806 g/mol. The topological polar surface area (TPSA) is 153 Å². The van der Waals surface area contributed by atoms with Gasteiger partial charge in [-0.1, -0.05) is 110 Å². The Morgan fingerprint density at radius 3 is 2.24 bits per heavy atom. The van der Waals surface area contributed by atoms with Crippen LogP contribution in [0.25, 0.3) is 16.8 Å². The van der Waals surface area contributed by atoms with Crippen molar-refractivity contribution in [3.63, 3.8) is 0 Å². The van der Waals surface area contributed by atoms with Gasteiger partial charge in [0.1, 0.15) is 17.2 Å². The van der Waals surface area contributed by atoms with Gasteiger partial charge in [-0.3, -0.25) is 0 Å². The molecule has 4 N–H and O–H groups in total. The number of nitrogens with one attached hydrogen (secondary N) is 2. The van der Waals surface area contributed by atoms with Crippen LogP contribution in [0, 0.1) is 5.92 Å². The molecule has 1 fully saturated rings. The number of aromatic hydroxyl groups is 1. The van der Waals surface area contributed by atoms with E-state index in [9.17, 15) is 15.0 Å². The average Bonchev–Trinajstić information content (AvgIpc) is 3.75. The molecule has 59 heavy (non-hydrogen) atoms. The van der Waals surface area contributed by atoms with Crippen molar-refractivity contribution in [2.24, 2.45) is 5.92 Å². The van der Waals surface area contributed by atoms with Gasteiger partial charge >= 0.3 is 6.03 Å². The summed E-state index contributed by atoms with van der Waals surface area (Å²) in [6, 6.07) is 47.0. The van der Waals surface area contributed by atoms with E-state index in [1.807, 2.05) is 115 Å². The first-order valence-corrected chi connectivity index (χ1v) is 20.2. The Kier molecular flexibility index (Phi) is 12.3. The lowest BCUT2D eigenvalue weighted by atomic mass is 9.91. The van der Waals surface area contributed by atoms with Gasteiger partial charge in [0.2, 0.25) is 5.16 Å². The minimum Gasteiger partial charge on any atom is -0.508 e. The number of carbonyl (C=O) groups is 1. The van der Waals surface area contributed by atoms with Crippen LogP contribution >= 0.6 is 11.8 Å². The highest BCUT2D eigenvalue weighted by Gasteiger charge is 2.38. The van der Waals surface area contributed by atoms with E-state index in [0.29, 0.717) is 28.9 Å². The number of aliphatic hydroxyl groups is 1. The summed E-state index contributed by atoms with van der Waals surface area (Å²) in [6.07, 6.45) is -1.20. The number of urea groups is 1. The summed E-state index contributed by atoms with van der Waals surface area (Å²) in [5.74, 6) is 2.08. The number of nitrogens with zero attached hydrogens (tertiary/aromatic N) is 4. The molecule has 1 saturated heterocycles. The first kappa shape index (κ1) is 39.3. The SMILES string of the molecule is C[C@H]1[C@@H](CSc2nnnn2-c2ccc(O)cc2)O[C@@H](c2ccc(-c3ccccc3CNC(=O)Nc3ccc(Oc4ccccc4)cc3)cc2)O[C@H]1c1ccc(CO)cc1. The minimum atomic E-state index is -0.666. The number of hydrogen-bond acceptors (Lipinski definition) is 10. The smallest absolute Gasteiger partial charge is 0.319 e. The number of para-hydroxylation sites is 1. The molecule has 2 amide bonds. The number of thioether (sulfide) groups is 1. The third kappa shape index (κ3) is 9.62. The zero-order chi connectivity index (χ0) is 40.6. The molecule has 1 aliphatic rings. The number of amides is 2. The number of rotatable bonds is 13. The van der Waals surface area contributed by atoms with E-state index in [2.05, 4.69) is 33.1 Å². The van der Waals surface area contributed by atoms with Crippen molar-refractivity contribution in [2.45, 2.75) is 43.7 Å². The Morgan fingerprint density at radius 1 is 0.797 bits per heavy atom. The molecule has 12 nitrogen and oxygen atoms in total. The molecule has 6 aromatic carbocycles. The summed E-state index contributed by atoms with van der Waals surface area (Å²) in [6.45, 7) is 2.39. The van der Waals surface area contributed by atoms with E-state index >= 15 is 0 Å². The fourth-order valence-electron chi connectivity index (χ4n) is 6.85. The van der Waals surface area contributed by atoms with E-state index in [4.69, 9.17) is 14.2 Å². The van der Waals surface area contributed by atoms with Crippen LogP contribution in [0.2, 0.25) is 0 Å². The maximum atomic E-state index is 12.9. The number of carbonyl (C=O) groups excluding carboxylic acids is 1. The fraction of sp³-hybridized carbons (Fsp3) is 0.174. The van der Waals surface area contributed by atoms with E-state index in [1.54, 1.807) is 41.1 Å². The number of aliphatic hydroxyl groups excluding tert-OH is 1. The summed E-state index contributed by atoms with van der Waals surface area (Å²) in [5, 5.41) is 38.2. The molecule has 4 atom stereocenters. The molecular formula is C46H42N6O6S. The Morgan fingerprint density at radius 2 is 1.49 bits per heavy atom. The predicted molar refractivity (Wildman–Crippen MR) is 225 cm³/mol. The van der Waals surface area contributed by atoms with E-state index in [-0.39, 0.29) is 36.5 Å². The van der Waals surface area contributed by atoms with Gasteiger partial charge in [-0.05, 0) is 98.9 Å². The number of tetrazole rings is 1. The Hall–Kier alpha value is -6.51. The molecule has 2 heterocycles. The van der Waals surface area contributed by atoms with Gasteiger partial charge in [-0.2, -0.15) is 4.68 Å². The minimum absolute atomic E-state index is 0.0403. The van der Waals surface area contributed by atoms with E-state index in [1.165, 1.54) is 11.8 Å². The number of ether oxygens (including phenoxy) is 3. The molecule has 1 aromatic heterocycles. The van der Waals surface area contributed by atoms with Gasteiger partial charge in [0, 0.05) is 29.5 Å². The Labute approximate surface area is 345 Å². The number of phenolic OH excluding ortho intramolecular Hbond substituents is 1. The maximum Gasteiger partial charge on any atom is 0.319 e. The second-order valence-corrected chi connectivity index (χ2v) is 15.0. The van der Waals surface area contributed by atoms with Crippen LogP contribution < -0.4 is 15.4 Å². The molecule has 0 unspecified atom stereocenters. The largest absolute Gasteiger partial charge is 0.508 e. The standard InChI is InChI=1S/C46H42N6O6S/c1-30-42(29-59-46-49-50-51-52(46)37-21-23-38(54)24-22-37)57-44(58-43(30)33-13-11-31(28-53)12-14-33)34-17-15-32(16-18-34)41-10-6-5-7-35(41)27-47-45(55)48-36-19-25-40(26-20-36)56-39-8-3-2-4-9-39/h2-26,30,42-44,53-54H,27-29H2,1H3,(H2,47,48,55)/t30-,42+,43+,44+/m0/s1. The first-order valence-electron chi connectivity index (χ1n) is 19.2. The van der Waals surface area contributed by atoms with Gasteiger partial charge < -0.3 is 35.1 Å². The van der Waals surface area contributed by atoms with Crippen LogP contribution in [0.1, 0.15) is 41.6 Å². The Balaban J connectivity index is 0.946. The van der Waals surface area contributed by atoms with Gasteiger partial charge in [0.15, 0.2) is 6.29 Å². The molecular weight excluding hydrogens is 765 g/mol. The van der Waals surface area contributed by atoms with Gasteiger partial charge in [-0.25, -0.2) is 4.79 Å². The second-order valence-electron chi connectivity index (χ2n) is 14.0. The van der Waals surface area contributed by atoms with E-state index in [0.717, 1.165) is 44.8 Å². The summed E-state index contributed by atoms with van der Waals surface area (Å²) in [7, 11) is 0. The molecule has 0 spiro atoms. The molecule has 7 aromatic rings. The number of benzene rings is 6. The van der Waals surface area contributed by atoms with Crippen LogP contribution in [-0.2, 0) is 22.6 Å². The lowest BCUT2D eigenvalue weighted by molar-refractivity contribution is -0.268. The van der Waals surface area contributed by atoms with Crippen molar-refractivity contribution in [3.8, 4) is 34.1 Å². The summed E-state index contributed by atoms with van der Waals surface area (Å²) in [4.78, 5) is 12.9. The zero-order valence-corrected chi connectivity index (χ0v) is 32.9. The van der Waals surface area contributed by atoms with Crippen molar-refractivity contribution in [3.05, 3.63) is 174 Å². The zero-order valence-electron chi connectivity index (χ0n) is 32.1. The van der Waals surface area contributed by atoms with Crippen molar-refractivity contribution in [2.75, 3.05) is 11.1 Å². The molecule has 298 valence electrons. The lowest BCUT2D eigenvalue weighted by Gasteiger charge is -2.41. The molecule has 0 bridgehead atoms. The average molecular weight is 807 g/mol. The highest BCUT2D eigenvalue weighted by atomic mass is 32.2. The van der Waals surface area contributed by atoms with Crippen LogP contribution in [0.3, 0.4) is 0 Å². The van der Waals surface area contributed by atoms with Crippen molar-refractivity contribution in [1.29, 1.82) is 0 Å². The summed E-state index contributed by atoms with van der Waals surface area (Å²) in [5.41, 5.74) is 6.97. The molecule has 8 rings (SSSR count). The predicted octanol–water partition coefficient (Wildman–Crippen LogP) is 9.22. The number of aromatic nitrogens is 4. The molecule has 0 radical (unpaired) electrons. The van der Waals surface area contributed by atoms with Crippen LogP contribution in [0.4, 0.5) is 10.5 Å². The van der Waals surface area contributed by atoms with E-state index < -0.39 is 6.29 Å². The molecule has 13 heteroatoms. The number of anilines is 1. The number of hydrogen-bond donors (Lipinski definition) is 4. The third-order valence-electron chi connectivity index (χ3n) is 10.1. The van der Waals surface area contributed by atoms with Gasteiger partial charge in [-0.15, -0.1) is 5.10 Å². The van der Waals surface area contributed by atoms with Crippen LogP contribution in [0.5, 0.6) is 17.2 Å². The molecule has 1 aliphatic heterocycles. The third-order valence-corrected chi connectivity index (χ3v) is 11.1. The lowest BCUT2D eigenvalue weighted by Crippen LogP contribution is -2.38. The fourth-order valence-corrected chi connectivity index (χ4v) is 7.90. The highest BCUT2D eigenvalue weighted by Crippen LogP contribution is 2.43. The summed E-state index contributed by atoms with van der Waals surface area (Å²) >= 11 is 1.48. The van der Waals surface area contributed by atoms with Gasteiger partial charge in [0.05, 0.1) is 24.5 Å². The highest BCUT2D eigenvalue weighted by molar-refractivity contribution is 7.99. The van der Waals surface area contributed by atoms with Crippen molar-refractivity contribution < 1.29 is 29.2 Å². The van der Waals surface area contributed by atoms with Crippen molar-refractivity contribution >= 4 is 23.5 Å². The van der Waals surface area contributed by atoms with Crippen molar-refractivity contribution in [1.82, 2.24) is 25.5 Å². The molecule has 0 aliphatic carbocycles. The molecule has 0 saturated carbocycles. The number of phenols is 1. The quantitative estimate of drug-likeness (QED) is 0.0830. The van der Waals surface area contributed by atoms with Crippen LogP contribution in [-0.4, -0.2) is 48.3 Å². The first-order chi connectivity index (χ1) is 28.9. The normalized spacial score (nSPS) is 17.6. The van der Waals surface area contributed by atoms with Crippen LogP contribution in [0.15, 0.2) is 157 Å². The Bertz CT molecular complexity index is 2450. The maximum absolute atomic E-state index is 12.9. The summed E-state index contributed by atoms with van der Waals surface area (Å²) < 4.78 is 20.9. The second kappa shape index (κ2) is 18.4. The van der Waals surface area contributed by atoms with Gasteiger partial charge in [0.25, 0.3) is 0 Å².